The molecule has 7 nitrogen and oxygen atoms in total. The number of hydrogen-bond donors (Lipinski definition) is 0. The lowest BCUT2D eigenvalue weighted by Crippen LogP contribution is -2.21. The molecular formula is C18H19N7. The van der Waals surface area contributed by atoms with Gasteiger partial charge < -0.3 is 9.47 Å². The van der Waals surface area contributed by atoms with Crippen molar-refractivity contribution in [3.63, 3.8) is 0 Å². The second-order valence-electron chi connectivity index (χ2n) is 5.90. The molecule has 0 N–H and O–H groups in total. The van der Waals surface area contributed by atoms with Gasteiger partial charge >= 0.3 is 0 Å². The van der Waals surface area contributed by atoms with Crippen LogP contribution in [-0.4, -0.2) is 42.9 Å². The molecule has 0 aliphatic carbocycles. The van der Waals surface area contributed by atoms with Crippen LogP contribution in [0.3, 0.4) is 0 Å². The van der Waals surface area contributed by atoms with Gasteiger partial charge in [0.25, 0.3) is 0 Å². The van der Waals surface area contributed by atoms with Crippen LogP contribution < -0.4 is 4.90 Å². The number of imidazole rings is 1. The Bertz CT molecular complexity index is 944. The van der Waals surface area contributed by atoms with Gasteiger partial charge in [-0.1, -0.05) is 18.2 Å². The summed E-state index contributed by atoms with van der Waals surface area (Å²) in [5, 5.41) is 5.46. The fourth-order valence-electron chi connectivity index (χ4n) is 2.91. The number of fused-ring (bicyclic) bond motifs is 1. The Morgan fingerprint density at radius 3 is 2.80 bits per heavy atom. The second kappa shape index (κ2) is 6.72. The average Bonchev–Trinajstić information content (AvgIpc) is 3.31. The molecule has 1 aromatic carbocycles. The Balaban J connectivity index is 1.56. The smallest absolute Gasteiger partial charge is 0.168 e. The zero-order valence-electron chi connectivity index (χ0n) is 14.0. The number of aromatic nitrogens is 6. The number of hydrogen-bond acceptors (Lipinski definition) is 5. The van der Waals surface area contributed by atoms with E-state index in [-0.39, 0.29) is 0 Å². The number of nitrogens with zero attached hydrogens (tertiary/aromatic N) is 7. The van der Waals surface area contributed by atoms with Crippen LogP contribution >= 0.6 is 0 Å². The Labute approximate surface area is 145 Å². The van der Waals surface area contributed by atoms with Gasteiger partial charge in [-0.15, -0.1) is 0 Å². The quantitative estimate of drug-likeness (QED) is 0.542. The molecule has 0 amide bonds. The monoisotopic (exact) mass is 333 g/mol. The molecule has 3 aromatic heterocycles. The van der Waals surface area contributed by atoms with Crippen LogP contribution in [0.2, 0.25) is 0 Å². The van der Waals surface area contributed by atoms with Gasteiger partial charge in [-0.25, -0.2) is 19.6 Å². The van der Waals surface area contributed by atoms with E-state index in [0.717, 1.165) is 42.0 Å². The second-order valence-corrected chi connectivity index (χ2v) is 5.90. The first kappa shape index (κ1) is 15.3. The molecule has 0 saturated carbocycles. The zero-order chi connectivity index (χ0) is 17.1. The minimum absolute atomic E-state index is 0.817. The third kappa shape index (κ3) is 3.08. The van der Waals surface area contributed by atoms with Crippen molar-refractivity contribution in [2.75, 3.05) is 18.5 Å². The Morgan fingerprint density at radius 1 is 1.12 bits per heavy atom. The van der Waals surface area contributed by atoms with Crippen LogP contribution in [0.5, 0.6) is 0 Å². The first-order chi connectivity index (χ1) is 12.3. The molecule has 0 unspecified atom stereocenters. The average molecular weight is 333 g/mol. The van der Waals surface area contributed by atoms with Gasteiger partial charge in [-0.3, -0.25) is 0 Å². The van der Waals surface area contributed by atoms with Crippen LogP contribution in [0.4, 0.5) is 5.82 Å². The predicted molar refractivity (Wildman–Crippen MR) is 96.8 cm³/mol. The molecule has 0 fully saturated rings. The third-order valence-corrected chi connectivity index (χ3v) is 4.18. The normalized spacial score (nSPS) is 11.1. The van der Waals surface area contributed by atoms with Crippen molar-refractivity contribution in [3.05, 3.63) is 61.6 Å². The highest BCUT2D eigenvalue weighted by atomic mass is 15.3. The molecule has 25 heavy (non-hydrogen) atoms. The van der Waals surface area contributed by atoms with Gasteiger partial charge in [-0.2, -0.15) is 5.10 Å². The summed E-state index contributed by atoms with van der Waals surface area (Å²) < 4.78 is 3.93. The number of benzene rings is 1. The third-order valence-electron chi connectivity index (χ3n) is 4.18. The van der Waals surface area contributed by atoms with Crippen molar-refractivity contribution in [2.24, 2.45) is 0 Å². The predicted octanol–water partition coefficient (Wildman–Crippen LogP) is 2.54. The van der Waals surface area contributed by atoms with E-state index in [4.69, 9.17) is 0 Å². The summed E-state index contributed by atoms with van der Waals surface area (Å²) in [4.78, 5) is 15.1. The molecular weight excluding hydrogens is 314 g/mol. The lowest BCUT2D eigenvalue weighted by atomic mass is 10.3. The highest BCUT2D eigenvalue weighted by molar-refractivity contribution is 5.87. The first-order valence-electron chi connectivity index (χ1n) is 8.24. The summed E-state index contributed by atoms with van der Waals surface area (Å²) in [6.07, 6.45) is 10.1. The summed E-state index contributed by atoms with van der Waals surface area (Å²) in [7, 11) is 2.05. The minimum atomic E-state index is 0.817. The molecule has 0 radical (unpaired) electrons. The standard InChI is InChI=1S/C18H19N7/c1-23(9-5-10-24-11-8-19-14-24)17-16-12-22-25(18(16)21-13-20-17)15-6-3-2-4-7-15/h2-4,6-8,11-14H,5,9-10H2,1H3. The summed E-state index contributed by atoms with van der Waals surface area (Å²) in [5.74, 6) is 0.901. The van der Waals surface area contributed by atoms with Crippen molar-refractivity contribution < 1.29 is 0 Å². The van der Waals surface area contributed by atoms with E-state index < -0.39 is 0 Å². The number of anilines is 1. The van der Waals surface area contributed by atoms with Crippen LogP contribution in [0.15, 0.2) is 61.6 Å². The SMILES string of the molecule is CN(CCCn1ccnc1)c1ncnc2c1cnn2-c1ccccc1. The maximum absolute atomic E-state index is 4.50. The van der Waals surface area contributed by atoms with Gasteiger partial charge in [-0.05, 0) is 18.6 Å². The van der Waals surface area contributed by atoms with Crippen molar-refractivity contribution >= 4 is 16.9 Å². The van der Waals surface area contributed by atoms with Crippen molar-refractivity contribution in [3.8, 4) is 5.69 Å². The molecule has 0 aliphatic rings. The molecule has 4 aromatic rings. The number of rotatable bonds is 6. The maximum Gasteiger partial charge on any atom is 0.168 e. The lowest BCUT2D eigenvalue weighted by Gasteiger charge is -2.18. The molecule has 0 bridgehead atoms. The Hall–Kier alpha value is -3.22. The molecule has 0 spiro atoms. The van der Waals surface area contributed by atoms with E-state index in [0.29, 0.717) is 0 Å². The van der Waals surface area contributed by atoms with Gasteiger partial charge in [0.2, 0.25) is 0 Å². The summed E-state index contributed by atoms with van der Waals surface area (Å²) >= 11 is 0. The zero-order valence-corrected chi connectivity index (χ0v) is 14.0. The van der Waals surface area contributed by atoms with E-state index in [2.05, 4.69) is 36.6 Å². The summed E-state index contributed by atoms with van der Waals surface area (Å²) in [6.45, 7) is 1.82. The first-order valence-corrected chi connectivity index (χ1v) is 8.24. The molecule has 0 atom stereocenters. The van der Waals surface area contributed by atoms with Crippen molar-refractivity contribution in [1.82, 2.24) is 29.3 Å². The summed E-state index contributed by atoms with van der Waals surface area (Å²) in [6, 6.07) is 10.0. The van der Waals surface area contributed by atoms with Gasteiger partial charge in [0.15, 0.2) is 5.65 Å². The Kier molecular flexibility index (Phi) is 4.12. The highest BCUT2D eigenvalue weighted by Crippen LogP contribution is 2.23. The summed E-state index contributed by atoms with van der Waals surface area (Å²) in [5.41, 5.74) is 1.81. The van der Waals surface area contributed by atoms with E-state index in [1.807, 2.05) is 53.7 Å². The van der Waals surface area contributed by atoms with Crippen LogP contribution in [-0.2, 0) is 6.54 Å². The Morgan fingerprint density at radius 2 is 2.00 bits per heavy atom. The van der Waals surface area contributed by atoms with Gasteiger partial charge in [0.05, 0.1) is 23.6 Å². The number of aryl methyl sites for hydroxylation is 1. The van der Waals surface area contributed by atoms with Gasteiger partial charge in [0, 0.05) is 32.5 Å². The van der Waals surface area contributed by atoms with Crippen molar-refractivity contribution in [1.29, 1.82) is 0 Å². The molecule has 4 rings (SSSR count). The minimum Gasteiger partial charge on any atom is -0.359 e. The van der Waals surface area contributed by atoms with E-state index in [9.17, 15) is 0 Å². The molecule has 0 saturated heterocycles. The van der Waals surface area contributed by atoms with Crippen LogP contribution in [0, 0.1) is 0 Å². The highest BCUT2D eigenvalue weighted by Gasteiger charge is 2.13. The molecule has 7 heteroatoms. The topological polar surface area (TPSA) is 64.7 Å². The lowest BCUT2D eigenvalue weighted by molar-refractivity contribution is 0.636. The fourth-order valence-corrected chi connectivity index (χ4v) is 2.91. The molecule has 0 aliphatic heterocycles. The number of para-hydroxylation sites is 1. The largest absolute Gasteiger partial charge is 0.359 e. The maximum atomic E-state index is 4.50. The molecule has 3 heterocycles. The fraction of sp³-hybridized carbons (Fsp3) is 0.222. The van der Waals surface area contributed by atoms with Crippen molar-refractivity contribution in [2.45, 2.75) is 13.0 Å². The molecule has 126 valence electrons. The van der Waals surface area contributed by atoms with E-state index in [1.54, 1.807) is 12.5 Å². The van der Waals surface area contributed by atoms with Crippen LogP contribution in [0.1, 0.15) is 6.42 Å². The van der Waals surface area contributed by atoms with E-state index >= 15 is 0 Å². The van der Waals surface area contributed by atoms with E-state index in [1.165, 1.54) is 0 Å². The van der Waals surface area contributed by atoms with Gasteiger partial charge in [0.1, 0.15) is 12.1 Å². The van der Waals surface area contributed by atoms with Crippen LogP contribution in [0.25, 0.3) is 16.7 Å².